The molecule has 0 radical (unpaired) electrons. The van der Waals surface area contributed by atoms with Crippen LogP contribution in [0.15, 0.2) is 22.7 Å². The van der Waals surface area contributed by atoms with Crippen molar-refractivity contribution in [2.75, 3.05) is 31.6 Å². The Labute approximate surface area is 117 Å². The number of ether oxygens (including phenoxy) is 1. The summed E-state index contributed by atoms with van der Waals surface area (Å²) in [6, 6.07) is 6.88. The van der Waals surface area contributed by atoms with Gasteiger partial charge in [-0.1, -0.05) is 15.9 Å². The summed E-state index contributed by atoms with van der Waals surface area (Å²) in [6.07, 6.45) is 2.78. The highest BCUT2D eigenvalue weighted by Crippen LogP contribution is 2.37. The fraction of sp³-hybridized carbons (Fsp3) is 0.571. The van der Waals surface area contributed by atoms with E-state index in [1.165, 1.54) is 18.5 Å². The van der Waals surface area contributed by atoms with Gasteiger partial charge in [0.05, 0.1) is 12.8 Å². The van der Waals surface area contributed by atoms with E-state index in [2.05, 4.69) is 32.2 Å². The van der Waals surface area contributed by atoms with E-state index in [9.17, 15) is 0 Å². The molecule has 0 amide bonds. The molecule has 18 heavy (non-hydrogen) atoms. The van der Waals surface area contributed by atoms with Gasteiger partial charge < -0.3 is 15.0 Å². The van der Waals surface area contributed by atoms with Crippen molar-refractivity contribution in [2.24, 2.45) is 5.92 Å². The Bertz CT molecular complexity index is 434. The summed E-state index contributed by atoms with van der Waals surface area (Å²) in [5.74, 6) is 1.86. The van der Waals surface area contributed by atoms with Gasteiger partial charge in [0.1, 0.15) is 5.75 Å². The molecule has 1 heterocycles. The number of benzene rings is 1. The predicted molar refractivity (Wildman–Crippen MR) is 77.4 cm³/mol. The monoisotopic (exact) mass is 310 g/mol. The largest absolute Gasteiger partial charge is 0.495 e. The maximum absolute atomic E-state index is 5.48. The van der Waals surface area contributed by atoms with Gasteiger partial charge in [-0.3, -0.25) is 0 Å². The molecule has 1 aliphatic heterocycles. The van der Waals surface area contributed by atoms with Crippen LogP contribution < -0.4 is 15.0 Å². The summed E-state index contributed by atoms with van der Waals surface area (Å²) in [7, 11) is 1.74. The van der Waals surface area contributed by atoms with E-state index in [0.717, 1.165) is 35.8 Å². The first kappa shape index (κ1) is 12.3. The molecule has 1 saturated carbocycles. The third kappa shape index (κ3) is 2.50. The number of nitrogens with one attached hydrogen (secondary N) is 1. The zero-order valence-corrected chi connectivity index (χ0v) is 12.2. The molecule has 1 saturated heterocycles. The van der Waals surface area contributed by atoms with Crippen molar-refractivity contribution in [1.82, 2.24) is 5.32 Å². The van der Waals surface area contributed by atoms with Crippen molar-refractivity contribution in [2.45, 2.75) is 18.9 Å². The minimum atomic E-state index is 0.655. The van der Waals surface area contributed by atoms with Crippen molar-refractivity contribution < 1.29 is 4.74 Å². The Kier molecular flexibility index (Phi) is 3.48. The lowest BCUT2D eigenvalue weighted by Gasteiger charge is -2.36. The van der Waals surface area contributed by atoms with Crippen LogP contribution in [0.1, 0.15) is 12.8 Å². The van der Waals surface area contributed by atoms with Crippen molar-refractivity contribution in [3.63, 3.8) is 0 Å². The fourth-order valence-electron chi connectivity index (χ4n) is 2.72. The summed E-state index contributed by atoms with van der Waals surface area (Å²) < 4.78 is 6.59. The molecule has 3 nitrogen and oxygen atoms in total. The van der Waals surface area contributed by atoms with Gasteiger partial charge >= 0.3 is 0 Å². The number of anilines is 1. The molecule has 2 aliphatic rings. The quantitative estimate of drug-likeness (QED) is 0.929. The standard InChI is InChI=1S/C14H19BrN2O/c1-18-14-5-4-11(15)8-13(14)17-7-6-16-12(9-17)10-2-3-10/h4-5,8,10,12,16H,2-3,6-7,9H2,1H3. The highest BCUT2D eigenvalue weighted by molar-refractivity contribution is 9.10. The minimum Gasteiger partial charge on any atom is -0.495 e. The molecule has 1 N–H and O–H groups in total. The summed E-state index contributed by atoms with van der Waals surface area (Å²) in [5.41, 5.74) is 1.21. The van der Waals surface area contributed by atoms with Crippen LogP contribution in [0.25, 0.3) is 0 Å². The Hall–Kier alpha value is -0.740. The van der Waals surface area contributed by atoms with Gasteiger partial charge in [-0.15, -0.1) is 0 Å². The molecule has 1 aromatic rings. The van der Waals surface area contributed by atoms with E-state index in [4.69, 9.17) is 4.74 Å². The van der Waals surface area contributed by atoms with Crippen molar-refractivity contribution in [3.8, 4) is 5.75 Å². The van der Waals surface area contributed by atoms with E-state index < -0.39 is 0 Å². The smallest absolute Gasteiger partial charge is 0.142 e. The lowest BCUT2D eigenvalue weighted by Crippen LogP contribution is -2.51. The van der Waals surface area contributed by atoms with E-state index >= 15 is 0 Å². The molecule has 2 fully saturated rings. The molecule has 0 bridgehead atoms. The summed E-state index contributed by atoms with van der Waals surface area (Å²) in [6.45, 7) is 3.21. The van der Waals surface area contributed by atoms with Crippen LogP contribution in [-0.4, -0.2) is 32.8 Å². The van der Waals surface area contributed by atoms with Crippen LogP contribution in [0.4, 0.5) is 5.69 Å². The van der Waals surface area contributed by atoms with Crippen LogP contribution in [0.2, 0.25) is 0 Å². The number of halogens is 1. The van der Waals surface area contributed by atoms with Crippen LogP contribution in [0, 0.1) is 5.92 Å². The highest BCUT2D eigenvalue weighted by atomic mass is 79.9. The Morgan fingerprint density at radius 1 is 1.39 bits per heavy atom. The maximum atomic E-state index is 5.48. The van der Waals surface area contributed by atoms with E-state index in [1.807, 2.05) is 12.1 Å². The zero-order chi connectivity index (χ0) is 12.5. The minimum absolute atomic E-state index is 0.655. The van der Waals surface area contributed by atoms with Gasteiger partial charge in [-0.05, 0) is 37.0 Å². The first-order valence-electron chi connectivity index (χ1n) is 6.60. The molecular weight excluding hydrogens is 292 g/mol. The molecule has 1 atom stereocenters. The predicted octanol–water partition coefficient (Wildman–Crippen LogP) is 2.65. The molecule has 0 spiro atoms. The third-order valence-corrected chi connectivity index (χ3v) is 4.37. The Morgan fingerprint density at radius 3 is 2.94 bits per heavy atom. The highest BCUT2D eigenvalue weighted by Gasteiger charge is 2.34. The zero-order valence-electron chi connectivity index (χ0n) is 10.7. The summed E-state index contributed by atoms with van der Waals surface area (Å²) in [4.78, 5) is 2.45. The van der Waals surface area contributed by atoms with Crippen LogP contribution >= 0.6 is 15.9 Å². The average Bonchev–Trinajstić information content (AvgIpc) is 3.23. The second-order valence-corrected chi connectivity index (χ2v) is 6.08. The van der Waals surface area contributed by atoms with Gasteiger partial charge in [0.15, 0.2) is 0 Å². The Balaban J connectivity index is 1.81. The molecular formula is C14H19BrN2O. The first-order valence-corrected chi connectivity index (χ1v) is 7.39. The lowest BCUT2D eigenvalue weighted by atomic mass is 10.1. The summed E-state index contributed by atoms with van der Waals surface area (Å²) >= 11 is 3.55. The van der Waals surface area contributed by atoms with Gasteiger partial charge in [0.25, 0.3) is 0 Å². The summed E-state index contributed by atoms with van der Waals surface area (Å²) in [5, 5.41) is 3.64. The lowest BCUT2D eigenvalue weighted by molar-refractivity contribution is 0.398. The second-order valence-electron chi connectivity index (χ2n) is 5.16. The number of piperazine rings is 1. The van der Waals surface area contributed by atoms with Gasteiger partial charge in [-0.25, -0.2) is 0 Å². The van der Waals surface area contributed by atoms with E-state index in [0.29, 0.717) is 6.04 Å². The van der Waals surface area contributed by atoms with Crippen LogP contribution in [-0.2, 0) is 0 Å². The number of rotatable bonds is 3. The SMILES string of the molecule is COc1ccc(Br)cc1N1CCNC(C2CC2)C1. The topological polar surface area (TPSA) is 24.5 Å². The number of hydrogen-bond donors (Lipinski definition) is 1. The van der Waals surface area contributed by atoms with Gasteiger partial charge in [0.2, 0.25) is 0 Å². The average molecular weight is 311 g/mol. The molecule has 0 aromatic heterocycles. The van der Waals surface area contributed by atoms with E-state index in [1.54, 1.807) is 7.11 Å². The maximum Gasteiger partial charge on any atom is 0.142 e. The molecule has 1 aromatic carbocycles. The van der Waals surface area contributed by atoms with Crippen molar-refractivity contribution in [3.05, 3.63) is 22.7 Å². The van der Waals surface area contributed by atoms with Crippen molar-refractivity contribution in [1.29, 1.82) is 0 Å². The number of nitrogens with zero attached hydrogens (tertiary/aromatic N) is 1. The molecule has 4 heteroatoms. The molecule has 1 aliphatic carbocycles. The Morgan fingerprint density at radius 2 is 2.22 bits per heavy atom. The normalized spacial score (nSPS) is 24.1. The fourth-order valence-corrected chi connectivity index (χ4v) is 3.07. The first-order chi connectivity index (χ1) is 8.78. The van der Waals surface area contributed by atoms with E-state index in [-0.39, 0.29) is 0 Å². The number of methoxy groups -OCH3 is 1. The van der Waals surface area contributed by atoms with Crippen LogP contribution in [0.5, 0.6) is 5.75 Å². The third-order valence-electron chi connectivity index (χ3n) is 3.88. The molecule has 1 unspecified atom stereocenters. The van der Waals surface area contributed by atoms with Crippen LogP contribution in [0.3, 0.4) is 0 Å². The van der Waals surface area contributed by atoms with Gasteiger partial charge in [-0.2, -0.15) is 0 Å². The number of hydrogen-bond acceptors (Lipinski definition) is 3. The molecule has 98 valence electrons. The molecule has 3 rings (SSSR count). The van der Waals surface area contributed by atoms with Crippen molar-refractivity contribution >= 4 is 21.6 Å². The second kappa shape index (κ2) is 5.10. The van der Waals surface area contributed by atoms with Gasteiger partial charge in [0, 0.05) is 30.1 Å².